The van der Waals surface area contributed by atoms with Gasteiger partial charge in [0.1, 0.15) is 5.54 Å². The van der Waals surface area contributed by atoms with E-state index in [0.29, 0.717) is 6.42 Å². The maximum absolute atomic E-state index is 11.6. The molecule has 5 nitrogen and oxygen atoms in total. The van der Waals surface area contributed by atoms with Crippen molar-refractivity contribution in [3.8, 4) is 0 Å². The topological polar surface area (TPSA) is 101 Å². The normalized spacial score (nSPS) is 15.8. The van der Waals surface area contributed by atoms with Crippen molar-refractivity contribution < 1.29 is 19.8 Å². The molecule has 1 rings (SSSR count). The second-order valence-corrected chi connectivity index (χ2v) is 6.91. The average Bonchev–Trinajstić information content (AvgIpc) is 2.42. The van der Waals surface area contributed by atoms with Crippen LogP contribution < -0.4 is 5.73 Å². The average molecular weight is 307 g/mol. The summed E-state index contributed by atoms with van der Waals surface area (Å²) in [5, 5.41) is 18.9. The lowest BCUT2D eigenvalue weighted by molar-refractivity contribution is -0.150. The van der Waals surface area contributed by atoms with Gasteiger partial charge in [-0.1, -0.05) is 51.1 Å². The van der Waals surface area contributed by atoms with Gasteiger partial charge in [-0.2, -0.15) is 0 Å². The molecule has 0 radical (unpaired) electrons. The molecule has 1 aromatic carbocycles. The van der Waals surface area contributed by atoms with E-state index in [2.05, 4.69) is 0 Å². The number of aryl methyl sites for hydroxylation is 1. The number of rotatable bonds is 7. The molecule has 0 saturated heterocycles. The lowest BCUT2D eigenvalue weighted by Gasteiger charge is -2.34. The summed E-state index contributed by atoms with van der Waals surface area (Å²) >= 11 is 0. The van der Waals surface area contributed by atoms with Crippen molar-refractivity contribution in [2.45, 2.75) is 45.6 Å². The molecule has 0 spiro atoms. The van der Waals surface area contributed by atoms with Crippen molar-refractivity contribution >= 4 is 11.9 Å². The van der Waals surface area contributed by atoms with Crippen LogP contribution in [-0.2, 0) is 16.0 Å². The molecular weight excluding hydrogens is 282 g/mol. The standard InChI is InChI=1S/C17H25NO4/c1-16(2,3)13(14(19)20)11-17(18,15(21)22)10-9-12-7-5-4-6-8-12/h4-8,13H,9-11,18H2,1-3H3,(H,19,20)(H,21,22)/t13?,17-/m0/s1. The van der Waals surface area contributed by atoms with Crippen molar-refractivity contribution in [2.75, 3.05) is 0 Å². The van der Waals surface area contributed by atoms with E-state index in [0.717, 1.165) is 5.56 Å². The number of nitrogens with two attached hydrogens (primary N) is 1. The first-order valence-electron chi connectivity index (χ1n) is 7.35. The van der Waals surface area contributed by atoms with E-state index in [-0.39, 0.29) is 12.8 Å². The number of aliphatic carboxylic acids is 2. The van der Waals surface area contributed by atoms with Crippen LogP contribution in [0.4, 0.5) is 0 Å². The zero-order chi connectivity index (χ0) is 17.0. The Kier molecular flexibility index (Phi) is 5.72. The summed E-state index contributed by atoms with van der Waals surface area (Å²) in [6.07, 6.45) is 0.611. The number of carboxylic acid groups (broad SMARTS) is 2. The monoisotopic (exact) mass is 307 g/mol. The highest BCUT2D eigenvalue weighted by molar-refractivity contribution is 5.80. The van der Waals surface area contributed by atoms with Crippen molar-refractivity contribution in [3.63, 3.8) is 0 Å². The van der Waals surface area contributed by atoms with Gasteiger partial charge < -0.3 is 15.9 Å². The molecule has 0 aromatic heterocycles. The Morgan fingerprint density at radius 2 is 1.68 bits per heavy atom. The van der Waals surface area contributed by atoms with Gasteiger partial charge in [-0.05, 0) is 30.2 Å². The highest BCUT2D eigenvalue weighted by atomic mass is 16.4. The van der Waals surface area contributed by atoms with Gasteiger partial charge in [0.25, 0.3) is 0 Å². The Morgan fingerprint density at radius 3 is 2.09 bits per heavy atom. The maximum Gasteiger partial charge on any atom is 0.323 e. The molecule has 0 aliphatic carbocycles. The molecule has 2 atom stereocenters. The minimum Gasteiger partial charge on any atom is -0.481 e. The molecule has 0 heterocycles. The van der Waals surface area contributed by atoms with E-state index < -0.39 is 28.8 Å². The number of carboxylic acids is 2. The van der Waals surface area contributed by atoms with Gasteiger partial charge in [0.2, 0.25) is 0 Å². The number of hydrogen-bond acceptors (Lipinski definition) is 3. The molecule has 122 valence electrons. The van der Waals surface area contributed by atoms with Gasteiger partial charge in [-0.25, -0.2) is 0 Å². The Morgan fingerprint density at radius 1 is 1.14 bits per heavy atom. The Balaban J connectivity index is 2.90. The molecule has 0 aliphatic rings. The highest BCUT2D eigenvalue weighted by Gasteiger charge is 2.42. The van der Waals surface area contributed by atoms with E-state index in [1.54, 1.807) is 20.8 Å². The summed E-state index contributed by atoms with van der Waals surface area (Å²) in [6.45, 7) is 5.35. The van der Waals surface area contributed by atoms with Crippen LogP contribution in [0, 0.1) is 11.3 Å². The summed E-state index contributed by atoms with van der Waals surface area (Å²) in [4.78, 5) is 23.1. The predicted molar refractivity (Wildman–Crippen MR) is 84.5 cm³/mol. The Hall–Kier alpha value is -1.88. The molecule has 0 amide bonds. The van der Waals surface area contributed by atoms with Crippen LogP contribution in [0.15, 0.2) is 30.3 Å². The third-order valence-corrected chi connectivity index (χ3v) is 4.04. The third-order valence-electron chi connectivity index (χ3n) is 4.04. The largest absolute Gasteiger partial charge is 0.481 e. The first kappa shape index (κ1) is 18.2. The van der Waals surface area contributed by atoms with Gasteiger partial charge in [0, 0.05) is 0 Å². The van der Waals surface area contributed by atoms with Crippen molar-refractivity contribution in [1.82, 2.24) is 0 Å². The van der Waals surface area contributed by atoms with E-state index in [1.165, 1.54) is 0 Å². The quantitative estimate of drug-likeness (QED) is 0.718. The zero-order valence-electron chi connectivity index (χ0n) is 13.4. The molecule has 1 unspecified atom stereocenters. The van der Waals surface area contributed by atoms with Gasteiger partial charge in [-0.3, -0.25) is 9.59 Å². The summed E-state index contributed by atoms with van der Waals surface area (Å²) in [5.41, 5.74) is 4.94. The van der Waals surface area contributed by atoms with Crippen LogP contribution in [0.2, 0.25) is 0 Å². The summed E-state index contributed by atoms with van der Waals surface area (Å²) in [6, 6.07) is 9.45. The Bertz CT molecular complexity index is 521. The molecule has 0 fully saturated rings. The molecule has 1 aromatic rings. The maximum atomic E-state index is 11.6. The first-order chi connectivity index (χ1) is 10.1. The van der Waals surface area contributed by atoms with Gasteiger partial charge in [0.05, 0.1) is 5.92 Å². The minimum atomic E-state index is -1.55. The molecule has 5 heteroatoms. The van der Waals surface area contributed by atoms with Crippen molar-refractivity contribution in [2.24, 2.45) is 17.1 Å². The lowest BCUT2D eigenvalue weighted by atomic mass is 9.72. The van der Waals surface area contributed by atoms with E-state index in [9.17, 15) is 19.8 Å². The first-order valence-corrected chi connectivity index (χ1v) is 7.35. The molecule has 0 saturated carbocycles. The summed E-state index contributed by atoms with van der Waals surface area (Å²) in [5.74, 6) is -2.98. The predicted octanol–water partition coefficient (Wildman–Crippen LogP) is 2.54. The van der Waals surface area contributed by atoms with Crippen LogP contribution in [0.1, 0.15) is 39.2 Å². The number of benzene rings is 1. The molecule has 0 bridgehead atoms. The van der Waals surface area contributed by atoms with Gasteiger partial charge >= 0.3 is 11.9 Å². The van der Waals surface area contributed by atoms with E-state index >= 15 is 0 Å². The SMILES string of the molecule is CC(C)(C)C(C[C@@](N)(CCc1ccccc1)C(=O)O)C(=O)O. The van der Waals surface area contributed by atoms with Gasteiger partial charge in [-0.15, -0.1) is 0 Å². The summed E-state index contributed by atoms with van der Waals surface area (Å²) < 4.78 is 0. The van der Waals surface area contributed by atoms with Crippen molar-refractivity contribution in [3.05, 3.63) is 35.9 Å². The molecule has 0 aliphatic heterocycles. The number of carbonyl (C=O) groups is 2. The van der Waals surface area contributed by atoms with Crippen molar-refractivity contribution in [1.29, 1.82) is 0 Å². The van der Waals surface area contributed by atoms with Crippen LogP contribution in [-0.4, -0.2) is 27.7 Å². The molecular formula is C17H25NO4. The fraction of sp³-hybridized carbons (Fsp3) is 0.529. The minimum absolute atomic E-state index is 0.0893. The van der Waals surface area contributed by atoms with E-state index in [1.807, 2.05) is 30.3 Å². The third kappa shape index (κ3) is 4.84. The fourth-order valence-electron chi connectivity index (χ4n) is 2.44. The number of hydrogen-bond donors (Lipinski definition) is 3. The van der Waals surface area contributed by atoms with Crippen LogP contribution in [0.25, 0.3) is 0 Å². The van der Waals surface area contributed by atoms with Crippen LogP contribution >= 0.6 is 0 Å². The van der Waals surface area contributed by atoms with Crippen LogP contribution in [0.3, 0.4) is 0 Å². The zero-order valence-corrected chi connectivity index (χ0v) is 13.4. The smallest absolute Gasteiger partial charge is 0.323 e. The lowest BCUT2D eigenvalue weighted by Crippen LogP contribution is -2.52. The van der Waals surface area contributed by atoms with Gasteiger partial charge in [0.15, 0.2) is 0 Å². The second-order valence-electron chi connectivity index (χ2n) is 6.91. The molecule has 22 heavy (non-hydrogen) atoms. The second kappa shape index (κ2) is 6.92. The summed E-state index contributed by atoms with van der Waals surface area (Å²) in [7, 11) is 0. The fourth-order valence-corrected chi connectivity index (χ4v) is 2.44. The molecule has 4 N–H and O–H groups in total. The Labute approximate surface area is 131 Å². The highest BCUT2D eigenvalue weighted by Crippen LogP contribution is 2.34. The van der Waals surface area contributed by atoms with Crippen LogP contribution in [0.5, 0.6) is 0 Å². The van der Waals surface area contributed by atoms with E-state index in [4.69, 9.17) is 5.73 Å².